The molecule has 0 aromatic carbocycles. The fourth-order valence-electron chi connectivity index (χ4n) is 2.09. The van der Waals surface area contributed by atoms with Crippen LogP contribution < -0.4 is 5.73 Å². The summed E-state index contributed by atoms with van der Waals surface area (Å²) in [5.74, 6) is 0. The lowest BCUT2D eigenvalue weighted by molar-refractivity contribution is 0.260. The van der Waals surface area contributed by atoms with Crippen molar-refractivity contribution in [3.05, 3.63) is 54.4 Å². The Balaban J connectivity index is 2.50. The van der Waals surface area contributed by atoms with Gasteiger partial charge in [0.15, 0.2) is 0 Å². The van der Waals surface area contributed by atoms with Crippen LogP contribution in [0.15, 0.2) is 48.7 Å². The summed E-state index contributed by atoms with van der Waals surface area (Å²) in [5, 5.41) is 0. The lowest BCUT2D eigenvalue weighted by Gasteiger charge is -2.22. The third kappa shape index (κ3) is 7.22. The largest absolute Gasteiger partial charge is 0.330 e. The van der Waals surface area contributed by atoms with E-state index >= 15 is 0 Å². The maximum atomic E-state index is 5.58. The van der Waals surface area contributed by atoms with Gasteiger partial charge in [-0.05, 0) is 51.4 Å². The molecule has 0 saturated heterocycles. The molecule has 0 amide bonds. The molecule has 0 radical (unpaired) electrons. The first kappa shape index (κ1) is 16.6. The highest BCUT2D eigenvalue weighted by atomic mass is 15.1. The first-order valence-corrected chi connectivity index (χ1v) is 7.36. The topological polar surface area (TPSA) is 42.1 Å². The summed E-state index contributed by atoms with van der Waals surface area (Å²) in [5.41, 5.74) is 8.07. The van der Waals surface area contributed by atoms with E-state index in [0.29, 0.717) is 0 Å². The lowest BCUT2D eigenvalue weighted by Crippen LogP contribution is -2.26. The number of unbranched alkanes of at least 4 members (excludes halogenated alkanes) is 1. The van der Waals surface area contributed by atoms with Gasteiger partial charge in [-0.2, -0.15) is 0 Å². The van der Waals surface area contributed by atoms with Crippen molar-refractivity contribution in [1.82, 2.24) is 9.88 Å². The molecule has 3 nitrogen and oxygen atoms in total. The number of rotatable bonds is 10. The van der Waals surface area contributed by atoms with E-state index in [4.69, 9.17) is 5.73 Å². The van der Waals surface area contributed by atoms with Crippen molar-refractivity contribution in [3.8, 4) is 0 Å². The molecule has 1 aromatic heterocycles. The van der Waals surface area contributed by atoms with Crippen molar-refractivity contribution in [2.45, 2.75) is 32.7 Å². The molecule has 0 aliphatic heterocycles. The Kier molecular flexibility index (Phi) is 8.59. The molecule has 1 aromatic rings. The van der Waals surface area contributed by atoms with Gasteiger partial charge in [-0.15, -0.1) is 0 Å². The zero-order valence-corrected chi connectivity index (χ0v) is 12.6. The quantitative estimate of drug-likeness (QED) is 0.526. The van der Waals surface area contributed by atoms with Gasteiger partial charge in [0.25, 0.3) is 0 Å². The summed E-state index contributed by atoms with van der Waals surface area (Å²) in [6.07, 6.45) is 9.09. The van der Waals surface area contributed by atoms with Crippen LogP contribution in [0.2, 0.25) is 0 Å². The van der Waals surface area contributed by atoms with Crippen molar-refractivity contribution >= 4 is 0 Å². The van der Waals surface area contributed by atoms with E-state index in [2.05, 4.69) is 35.5 Å². The van der Waals surface area contributed by atoms with Crippen LogP contribution in [0.3, 0.4) is 0 Å². The molecule has 2 N–H and O–H groups in total. The number of aromatic nitrogens is 1. The molecule has 0 unspecified atom stereocenters. The molecule has 3 heteroatoms. The summed E-state index contributed by atoms with van der Waals surface area (Å²) in [6.45, 7) is 9.71. The van der Waals surface area contributed by atoms with Crippen LogP contribution in [0.5, 0.6) is 0 Å². The van der Waals surface area contributed by atoms with Gasteiger partial charge >= 0.3 is 0 Å². The average Bonchev–Trinajstić information content (AvgIpc) is 2.46. The maximum absolute atomic E-state index is 5.58. The fourth-order valence-corrected chi connectivity index (χ4v) is 2.09. The van der Waals surface area contributed by atoms with Gasteiger partial charge in [0.2, 0.25) is 0 Å². The van der Waals surface area contributed by atoms with Crippen molar-refractivity contribution < 1.29 is 0 Å². The Morgan fingerprint density at radius 2 is 2.20 bits per heavy atom. The molecular formula is C17H27N3. The minimum absolute atomic E-state index is 0.771. The highest BCUT2D eigenvalue weighted by molar-refractivity contribution is 5.08. The molecule has 0 saturated carbocycles. The molecule has 0 spiro atoms. The zero-order valence-electron chi connectivity index (χ0n) is 12.6. The van der Waals surface area contributed by atoms with Gasteiger partial charge in [-0.3, -0.25) is 9.88 Å². The van der Waals surface area contributed by atoms with Crippen LogP contribution in [-0.2, 0) is 6.54 Å². The van der Waals surface area contributed by atoms with E-state index in [1.165, 1.54) is 5.57 Å². The van der Waals surface area contributed by atoms with Gasteiger partial charge in [-0.25, -0.2) is 0 Å². The highest BCUT2D eigenvalue weighted by Crippen LogP contribution is 2.08. The predicted octanol–water partition coefficient (Wildman–Crippen LogP) is 3.14. The first-order valence-electron chi connectivity index (χ1n) is 7.36. The summed E-state index contributed by atoms with van der Waals surface area (Å²) in [4.78, 5) is 6.87. The van der Waals surface area contributed by atoms with Gasteiger partial charge in [-0.1, -0.05) is 30.4 Å². The summed E-state index contributed by atoms with van der Waals surface area (Å²) < 4.78 is 0. The smallest absolute Gasteiger partial charge is 0.0543 e. The van der Waals surface area contributed by atoms with Crippen LogP contribution in [0, 0.1) is 0 Å². The molecule has 1 heterocycles. The number of allylic oxidation sites excluding steroid dienone is 2. The molecular weight excluding hydrogens is 246 g/mol. The fraction of sp³-hybridized carbons (Fsp3) is 0.471. The van der Waals surface area contributed by atoms with E-state index in [1.54, 1.807) is 0 Å². The zero-order chi connectivity index (χ0) is 14.6. The van der Waals surface area contributed by atoms with Gasteiger partial charge in [0, 0.05) is 19.3 Å². The Morgan fingerprint density at radius 3 is 2.85 bits per heavy atom. The number of hydrogen-bond donors (Lipinski definition) is 1. The minimum atomic E-state index is 0.771. The first-order chi connectivity index (χ1) is 9.76. The van der Waals surface area contributed by atoms with Crippen molar-refractivity contribution in [1.29, 1.82) is 0 Å². The lowest BCUT2D eigenvalue weighted by atomic mass is 10.2. The van der Waals surface area contributed by atoms with Crippen LogP contribution in [0.4, 0.5) is 0 Å². The predicted molar refractivity (Wildman–Crippen MR) is 86.4 cm³/mol. The van der Waals surface area contributed by atoms with E-state index < -0.39 is 0 Å². The third-order valence-corrected chi connectivity index (χ3v) is 3.26. The molecule has 110 valence electrons. The van der Waals surface area contributed by atoms with Gasteiger partial charge in [0.05, 0.1) is 5.69 Å². The van der Waals surface area contributed by atoms with E-state index in [0.717, 1.165) is 51.1 Å². The number of nitrogens with two attached hydrogens (primary N) is 1. The molecule has 0 atom stereocenters. The Hall–Kier alpha value is -1.45. The van der Waals surface area contributed by atoms with Crippen LogP contribution >= 0.6 is 0 Å². The minimum Gasteiger partial charge on any atom is -0.330 e. The molecule has 0 aliphatic rings. The Bertz CT molecular complexity index is 398. The molecule has 1 rings (SSSR count). The van der Waals surface area contributed by atoms with Crippen LogP contribution in [0.25, 0.3) is 0 Å². The molecule has 20 heavy (non-hydrogen) atoms. The monoisotopic (exact) mass is 273 g/mol. The Labute approximate surface area is 123 Å². The summed E-state index contributed by atoms with van der Waals surface area (Å²) in [6, 6.07) is 6.09. The SMILES string of the molecule is C=C/C=C(/C)CCN(CCCCN)Cc1ccccn1. The molecule has 0 bridgehead atoms. The summed E-state index contributed by atoms with van der Waals surface area (Å²) >= 11 is 0. The van der Waals surface area contributed by atoms with Crippen molar-refractivity contribution in [2.75, 3.05) is 19.6 Å². The van der Waals surface area contributed by atoms with Gasteiger partial charge < -0.3 is 5.73 Å². The van der Waals surface area contributed by atoms with Gasteiger partial charge in [0.1, 0.15) is 0 Å². The average molecular weight is 273 g/mol. The highest BCUT2D eigenvalue weighted by Gasteiger charge is 2.06. The van der Waals surface area contributed by atoms with E-state index in [1.807, 2.05) is 24.4 Å². The van der Waals surface area contributed by atoms with E-state index in [-0.39, 0.29) is 0 Å². The number of hydrogen-bond acceptors (Lipinski definition) is 3. The normalized spacial score (nSPS) is 11.8. The number of pyridine rings is 1. The van der Waals surface area contributed by atoms with Crippen molar-refractivity contribution in [2.24, 2.45) is 5.73 Å². The third-order valence-electron chi connectivity index (χ3n) is 3.26. The summed E-state index contributed by atoms with van der Waals surface area (Å²) in [7, 11) is 0. The second kappa shape index (κ2) is 10.4. The molecule has 0 aliphatic carbocycles. The standard InChI is InChI=1S/C17H27N3/c1-3-8-16(2)10-14-20(13-7-5-11-18)15-17-9-4-6-12-19-17/h3-4,6,8-9,12H,1,5,7,10-11,13-15,18H2,2H3/b16-8-. The van der Waals surface area contributed by atoms with Crippen molar-refractivity contribution in [3.63, 3.8) is 0 Å². The maximum Gasteiger partial charge on any atom is 0.0543 e. The van der Waals surface area contributed by atoms with Crippen LogP contribution in [-0.4, -0.2) is 29.5 Å². The second-order valence-electron chi connectivity index (χ2n) is 5.09. The second-order valence-corrected chi connectivity index (χ2v) is 5.09. The van der Waals surface area contributed by atoms with Crippen LogP contribution in [0.1, 0.15) is 31.9 Å². The number of nitrogens with zero attached hydrogens (tertiary/aromatic N) is 2. The van der Waals surface area contributed by atoms with E-state index in [9.17, 15) is 0 Å². The Morgan fingerprint density at radius 1 is 1.35 bits per heavy atom. The molecule has 0 fully saturated rings.